The number of aliphatic hydroxyl groups is 2. The molecular weight excluding hydrogens is 260 g/mol. The van der Waals surface area contributed by atoms with Crippen LogP contribution in [-0.4, -0.2) is 61.3 Å². The van der Waals surface area contributed by atoms with Crippen LogP contribution >= 0.6 is 0 Å². The minimum atomic E-state index is -0.900. The second-order valence-electron chi connectivity index (χ2n) is 4.70. The van der Waals surface area contributed by atoms with E-state index >= 15 is 0 Å². The van der Waals surface area contributed by atoms with Crippen molar-refractivity contribution in [2.24, 2.45) is 0 Å². The van der Waals surface area contributed by atoms with Crippen molar-refractivity contribution in [1.29, 1.82) is 0 Å². The Morgan fingerprint density at radius 1 is 1.15 bits per heavy atom. The molecular formula is C13H14N4O3. The molecule has 1 aromatic carbocycles. The van der Waals surface area contributed by atoms with Crippen LogP contribution in [0.4, 0.5) is 0 Å². The van der Waals surface area contributed by atoms with Gasteiger partial charge in [0.2, 0.25) is 0 Å². The van der Waals surface area contributed by atoms with E-state index in [0.29, 0.717) is 0 Å². The maximum absolute atomic E-state index is 12.2. The van der Waals surface area contributed by atoms with E-state index in [2.05, 4.69) is 10.2 Å². The smallest absolute Gasteiger partial charge is 0.276 e. The molecule has 7 heteroatoms. The Morgan fingerprint density at radius 3 is 2.45 bits per heavy atom. The topological polar surface area (TPSA) is 91.5 Å². The van der Waals surface area contributed by atoms with Gasteiger partial charge in [0.05, 0.1) is 24.1 Å². The Labute approximate surface area is 115 Å². The van der Waals surface area contributed by atoms with E-state index in [9.17, 15) is 15.0 Å². The lowest BCUT2D eigenvalue weighted by Gasteiger charge is -2.12. The number of benzene rings is 1. The Hall–Kier alpha value is -2.25. The fourth-order valence-corrected chi connectivity index (χ4v) is 2.14. The summed E-state index contributed by atoms with van der Waals surface area (Å²) in [6.45, 7) is 0.219. The van der Waals surface area contributed by atoms with Crippen molar-refractivity contribution in [1.82, 2.24) is 19.9 Å². The second kappa shape index (κ2) is 5.03. The molecule has 0 saturated carbocycles. The number of carbonyl (C=O) groups excluding carboxylic acids is 1. The summed E-state index contributed by atoms with van der Waals surface area (Å²) in [6.07, 6.45) is -0.418. The first-order chi connectivity index (χ1) is 9.65. The average molecular weight is 274 g/mol. The molecule has 7 nitrogen and oxygen atoms in total. The van der Waals surface area contributed by atoms with Gasteiger partial charge in [-0.2, -0.15) is 9.90 Å². The normalized spacial score (nSPS) is 22.2. The van der Waals surface area contributed by atoms with Crippen molar-refractivity contribution >= 4 is 5.91 Å². The molecule has 1 aliphatic heterocycles. The van der Waals surface area contributed by atoms with E-state index in [4.69, 9.17) is 0 Å². The number of carbonyl (C=O) groups is 1. The molecule has 3 rings (SSSR count). The van der Waals surface area contributed by atoms with E-state index in [1.807, 2.05) is 30.3 Å². The van der Waals surface area contributed by atoms with Gasteiger partial charge in [-0.05, 0) is 12.1 Å². The molecule has 0 radical (unpaired) electrons. The van der Waals surface area contributed by atoms with Crippen molar-refractivity contribution < 1.29 is 15.0 Å². The third-order valence-electron chi connectivity index (χ3n) is 3.24. The van der Waals surface area contributed by atoms with Gasteiger partial charge in [0.15, 0.2) is 5.69 Å². The van der Waals surface area contributed by atoms with Gasteiger partial charge < -0.3 is 15.1 Å². The number of likely N-dealkylation sites (tertiary alicyclic amines) is 1. The summed E-state index contributed by atoms with van der Waals surface area (Å²) in [5.41, 5.74) is 0.947. The molecule has 2 atom stereocenters. The third-order valence-corrected chi connectivity index (χ3v) is 3.24. The van der Waals surface area contributed by atoms with Gasteiger partial charge in [-0.25, -0.2) is 0 Å². The first kappa shape index (κ1) is 12.8. The zero-order valence-electron chi connectivity index (χ0n) is 10.6. The summed E-state index contributed by atoms with van der Waals surface area (Å²) in [4.78, 5) is 14.9. The summed E-state index contributed by atoms with van der Waals surface area (Å²) >= 11 is 0. The minimum absolute atomic E-state index is 0.109. The second-order valence-corrected chi connectivity index (χ2v) is 4.70. The number of hydrogen-bond acceptors (Lipinski definition) is 5. The lowest BCUT2D eigenvalue weighted by Crippen LogP contribution is -2.30. The van der Waals surface area contributed by atoms with Gasteiger partial charge >= 0.3 is 0 Å². The van der Waals surface area contributed by atoms with Crippen LogP contribution in [0.1, 0.15) is 10.5 Å². The highest BCUT2D eigenvalue weighted by atomic mass is 16.3. The molecule has 1 fully saturated rings. The average Bonchev–Trinajstić information content (AvgIpc) is 3.07. The van der Waals surface area contributed by atoms with Gasteiger partial charge in [-0.1, -0.05) is 18.2 Å². The largest absolute Gasteiger partial charge is 0.388 e. The molecule has 1 aromatic heterocycles. The number of rotatable bonds is 2. The standard InChI is InChI=1S/C13H14N4O3/c18-11-7-16(8-12(11)19)13(20)10-6-14-17(15-10)9-4-2-1-3-5-9/h1-6,11-12,18-19H,7-8H2. The molecule has 2 aromatic rings. The van der Waals surface area contributed by atoms with Crippen LogP contribution in [0, 0.1) is 0 Å². The Kier molecular flexibility index (Phi) is 3.21. The fourth-order valence-electron chi connectivity index (χ4n) is 2.14. The predicted molar refractivity (Wildman–Crippen MR) is 69.3 cm³/mol. The number of aliphatic hydroxyl groups excluding tert-OH is 2. The van der Waals surface area contributed by atoms with Gasteiger partial charge in [-0.15, -0.1) is 5.10 Å². The fraction of sp³-hybridized carbons (Fsp3) is 0.308. The van der Waals surface area contributed by atoms with E-state index in [0.717, 1.165) is 5.69 Å². The Bertz CT molecular complexity index is 603. The summed E-state index contributed by atoms with van der Waals surface area (Å²) in [5.74, 6) is -0.345. The maximum atomic E-state index is 12.2. The van der Waals surface area contributed by atoms with E-state index in [1.165, 1.54) is 15.9 Å². The number of amides is 1. The van der Waals surface area contributed by atoms with Crippen LogP contribution in [0.2, 0.25) is 0 Å². The molecule has 1 saturated heterocycles. The Morgan fingerprint density at radius 2 is 1.80 bits per heavy atom. The first-order valence-corrected chi connectivity index (χ1v) is 6.28. The lowest BCUT2D eigenvalue weighted by atomic mass is 10.3. The van der Waals surface area contributed by atoms with E-state index < -0.39 is 12.2 Å². The van der Waals surface area contributed by atoms with Gasteiger partial charge in [0, 0.05) is 13.1 Å². The number of nitrogens with zero attached hydrogens (tertiary/aromatic N) is 4. The first-order valence-electron chi connectivity index (χ1n) is 6.28. The number of hydrogen-bond donors (Lipinski definition) is 2. The predicted octanol–water partition coefficient (Wildman–Crippen LogP) is -0.555. The molecule has 1 amide bonds. The molecule has 20 heavy (non-hydrogen) atoms. The van der Waals surface area contributed by atoms with Crippen LogP contribution in [-0.2, 0) is 0 Å². The van der Waals surface area contributed by atoms with Gasteiger partial charge in [0.1, 0.15) is 0 Å². The highest BCUT2D eigenvalue weighted by Crippen LogP contribution is 2.13. The number of aromatic nitrogens is 3. The van der Waals surface area contributed by atoms with Crippen molar-refractivity contribution in [2.45, 2.75) is 12.2 Å². The summed E-state index contributed by atoms with van der Waals surface area (Å²) in [5, 5.41) is 27.1. The van der Waals surface area contributed by atoms with Crippen molar-refractivity contribution in [3.63, 3.8) is 0 Å². The molecule has 0 aliphatic carbocycles. The summed E-state index contributed by atoms with van der Waals surface area (Å²) < 4.78 is 0. The molecule has 0 spiro atoms. The highest BCUT2D eigenvalue weighted by Gasteiger charge is 2.33. The van der Waals surface area contributed by atoms with Gasteiger partial charge in [-0.3, -0.25) is 4.79 Å². The molecule has 0 bridgehead atoms. The zero-order valence-corrected chi connectivity index (χ0v) is 10.6. The molecule has 104 valence electrons. The Balaban J connectivity index is 1.79. The van der Waals surface area contributed by atoms with Crippen molar-refractivity contribution in [3.8, 4) is 5.69 Å². The molecule has 1 aliphatic rings. The highest BCUT2D eigenvalue weighted by molar-refractivity contribution is 5.92. The van der Waals surface area contributed by atoms with Crippen LogP contribution in [0.3, 0.4) is 0 Å². The minimum Gasteiger partial charge on any atom is -0.388 e. The molecule has 2 heterocycles. The van der Waals surface area contributed by atoms with Gasteiger partial charge in [0.25, 0.3) is 5.91 Å². The van der Waals surface area contributed by atoms with Crippen LogP contribution in [0.15, 0.2) is 36.5 Å². The monoisotopic (exact) mass is 274 g/mol. The van der Waals surface area contributed by atoms with Crippen LogP contribution < -0.4 is 0 Å². The quantitative estimate of drug-likeness (QED) is 0.766. The molecule has 2 unspecified atom stereocenters. The third kappa shape index (κ3) is 2.28. The maximum Gasteiger partial charge on any atom is 0.276 e. The summed E-state index contributed by atoms with van der Waals surface area (Å²) in [6, 6.07) is 9.25. The van der Waals surface area contributed by atoms with Crippen LogP contribution in [0.25, 0.3) is 5.69 Å². The van der Waals surface area contributed by atoms with E-state index in [-0.39, 0.29) is 24.7 Å². The van der Waals surface area contributed by atoms with E-state index in [1.54, 1.807) is 0 Å². The number of para-hydroxylation sites is 1. The lowest BCUT2D eigenvalue weighted by molar-refractivity contribution is 0.0572. The molecule has 2 N–H and O–H groups in total. The SMILES string of the molecule is O=C(c1cnn(-c2ccccc2)n1)N1CC(O)C(O)C1. The van der Waals surface area contributed by atoms with Crippen molar-refractivity contribution in [2.75, 3.05) is 13.1 Å². The summed E-state index contributed by atoms with van der Waals surface area (Å²) in [7, 11) is 0. The number of β-amino-alcohol motifs (C(OH)–C–C–N with tert-alkyl or cyclic N) is 2. The zero-order chi connectivity index (χ0) is 14.1. The van der Waals surface area contributed by atoms with Crippen LogP contribution in [0.5, 0.6) is 0 Å². The van der Waals surface area contributed by atoms with Crippen molar-refractivity contribution in [3.05, 3.63) is 42.2 Å².